The van der Waals surface area contributed by atoms with Gasteiger partial charge in [0.25, 0.3) is 5.69 Å². The van der Waals surface area contributed by atoms with Crippen molar-refractivity contribution in [2.24, 2.45) is 0 Å². The number of nitrogens with one attached hydrogen (secondary N) is 1. The summed E-state index contributed by atoms with van der Waals surface area (Å²) in [5.41, 5.74) is 2.06. The molecule has 0 fully saturated rings. The van der Waals surface area contributed by atoms with E-state index in [0.29, 0.717) is 17.9 Å². The second kappa shape index (κ2) is 7.47. The summed E-state index contributed by atoms with van der Waals surface area (Å²) in [6.07, 6.45) is 3.40. The van der Waals surface area contributed by atoms with Crippen LogP contribution < -0.4 is 5.32 Å². The summed E-state index contributed by atoms with van der Waals surface area (Å²) >= 11 is 0. The van der Waals surface area contributed by atoms with Crippen LogP contribution in [-0.2, 0) is 11.3 Å². The molecule has 1 heterocycles. The number of aromatic nitrogens is 2. The van der Waals surface area contributed by atoms with E-state index in [1.165, 1.54) is 25.3 Å². The maximum absolute atomic E-state index is 11.9. The van der Waals surface area contributed by atoms with Crippen LogP contribution in [-0.4, -0.2) is 27.8 Å². The maximum atomic E-state index is 11.9. The van der Waals surface area contributed by atoms with Gasteiger partial charge in [-0.25, -0.2) is 4.79 Å². The Bertz CT molecular complexity index is 937. The zero-order valence-corrected chi connectivity index (χ0v) is 14.0. The van der Waals surface area contributed by atoms with Crippen LogP contribution in [0.15, 0.2) is 60.9 Å². The van der Waals surface area contributed by atoms with Crippen LogP contribution in [0.25, 0.3) is 0 Å². The van der Waals surface area contributed by atoms with Crippen molar-refractivity contribution in [2.45, 2.75) is 6.54 Å². The predicted octanol–water partition coefficient (Wildman–Crippen LogP) is 3.37. The molecule has 0 saturated heterocycles. The molecule has 0 saturated carbocycles. The minimum atomic E-state index is -0.659. The van der Waals surface area contributed by atoms with E-state index in [4.69, 9.17) is 4.74 Å². The Kier molecular flexibility index (Phi) is 4.93. The van der Waals surface area contributed by atoms with Gasteiger partial charge in [0, 0.05) is 18.3 Å². The van der Waals surface area contributed by atoms with E-state index in [1.807, 2.05) is 30.3 Å². The van der Waals surface area contributed by atoms with E-state index in [9.17, 15) is 14.9 Å². The average molecular weight is 352 g/mol. The molecule has 0 radical (unpaired) electrons. The number of esters is 1. The second-order valence-corrected chi connectivity index (χ2v) is 5.52. The van der Waals surface area contributed by atoms with Crippen LogP contribution in [0.4, 0.5) is 17.1 Å². The fourth-order valence-electron chi connectivity index (χ4n) is 2.47. The number of hydrogen-bond acceptors (Lipinski definition) is 6. The summed E-state index contributed by atoms with van der Waals surface area (Å²) < 4.78 is 6.46. The molecule has 0 aliphatic heterocycles. The van der Waals surface area contributed by atoms with Gasteiger partial charge in [-0.15, -0.1) is 0 Å². The van der Waals surface area contributed by atoms with Crippen molar-refractivity contribution in [3.63, 3.8) is 0 Å². The second-order valence-electron chi connectivity index (χ2n) is 5.52. The lowest BCUT2D eigenvalue weighted by molar-refractivity contribution is -0.384. The third kappa shape index (κ3) is 3.86. The first-order valence-electron chi connectivity index (χ1n) is 7.77. The highest BCUT2D eigenvalue weighted by molar-refractivity contribution is 5.97. The van der Waals surface area contributed by atoms with Gasteiger partial charge in [0.2, 0.25) is 0 Å². The van der Waals surface area contributed by atoms with E-state index in [0.717, 1.165) is 5.56 Å². The highest BCUT2D eigenvalue weighted by atomic mass is 16.6. The molecule has 8 nitrogen and oxygen atoms in total. The molecule has 26 heavy (non-hydrogen) atoms. The van der Waals surface area contributed by atoms with Gasteiger partial charge in [0.15, 0.2) is 0 Å². The van der Waals surface area contributed by atoms with Crippen molar-refractivity contribution in [3.8, 4) is 0 Å². The quantitative estimate of drug-likeness (QED) is 0.415. The molecule has 0 amide bonds. The van der Waals surface area contributed by atoms with Crippen LogP contribution in [0.2, 0.25) is 0 Å². The maximum Gasteiger partial charge on any atom is 0.340 e. The van der Waals surface area contributed by atoms with E-state index in [2.05, 4.69) is 10.4 Å². The number of benzene rings is 2. The van der Waals surface area contributed by atoms with Gasteiger partial charge in [0.05, 0.1) is 41.7 Å². The van der Waals surface area contributed by atoms with Gasteiger partial charge < -0.3 is 10.1 Å². The first kappa shape index (κ1) is 17.2. The zero-order valence-electron chi connectivity index (χ0n) is 14.0. The Balaban J connectivity index is 1.82. The lowest BCUT2D eigenvalue weighted by atomic mass is 10.1. The summed E-state index contributed by atoms with van der Waals surface area (Å²) in [5.74, 6) is -0.659. The molecule has 0 bridgehead atoms. The van der Waals surface area contributed by atoms with Crippen molar-refractivity contribution >= 4 is 23.0 Å². The Hall–Kier alpha value is -3.68. The highest BCUT2D eigenvalue weighted by Crippen LogP contribution is 2.26. The van der Waals surface area contributed by atoms with Crippen molar-refractivity contribution in [3.05, 3.63) is 82.2 Å². The summed E-state index contributed by atoms with van der Waals surface area (Å²) in [4.78, 5) is 22.3. The lowest BCUT2D eigenvalue weighted by Gasteiger charge is -2.09. The molecule has 0 spiro atoms. The number of carbonyl (C=O) groups excluding carboxylic acids is 1. The van der Waals surface area contributed by atoms with Crippen LogP contribution in [0.1, 0.15) is 15.9 Å². The standard InChI is InChI=1S/C18H16N4O4/c1-26-18(23)16-9-15(22(24)25)7-8-17(16)20-14-10-19-21(12-14)11-13-5-3-2-4-6-13/h2-10,12,20H,11H2,1H3. The molecule has 0 unspecified atom stereocenters. The van der Waals surface area contributed by atoms with E-state index < -0.39 is 10.9 Å². The van der Waals surface area contributed by atoms with E-state index in [-0.39, 0.29) is 11.3 Å². The molecule has 3 rings (SSSR count). The van der Waals surface area contributed by atoms with Gasteiger partial charge in [0.1, 0.15) is 0 Å². The number of hydrogen-bond donors (Lipinski definition) is 1. The molecular formula is C18H16N4O4. The van der Waals surface area contributed by atoms with Gasteiger partial charge >= 0.3 is 5.97 Å². The fraction of sp³-hybridized carbons (Fsp3) is 0.111. The fourth-order valence-corrected chi connectivity index (χ4v) is 2.47. The van der Waals surface area contributed by atoms with Gasteiger partial charge in [-0.3, -0.25) is 14.8 Å². The topological polar surface area (TPSA) is 99.3 Å². The van der Waals surface area contributed by atoms with Crippen LogP contribution in [0.5, 0.6) is 0 Å². The zero-order chi connectivity index (χ0) is 18.5. The van der Waals surface area contributed by atoms with Crippen LogP contribution >= 0.6 is 0 Å². The molecule has 0 atom stereocenters. The molecule has 0 aliphatic rings. The monoisotopic (exact) mass is 352 g/mol. The number of carbonyl (C=O) groups is 1. The first-order chi connectivity index (χ1) is 12.6. The number of nitro groups is 1. The van der Waals surface area contributed by atoms with Crippen LogP contribution in [0, 0.1) is 10.1 Å². The van der Waals surface area contributed by atoms with Gasteiger partial charge in [-0.05, 0) is 11.6 Å². The molecule has 1 aromatic heterocycles. The Morgan fingerprint density at radius 1 is 1.27 bits per heavy atom. The number of rotatable bonds is 6. The first-order valence-corrected chi connectivity index (χ1v) is 7.77. The normalized spacial score (nSPS) is 10.3. The lowest BCUT2D eigenvalue weighted by Crippen LogP contribution is -2.06. The predicted molar refractivity (Wildman–Crippen MR) is 95.5 cm³/mol. The average Bonchev–Trinajstić information content (AvgIpc) is 3.09. The Morgan fingerprint density at radius 3 is 2.73 bits per heavy atom. The smallest absolute Gasteiger partial charge is 0.340 e. The number of methoxy groups -OCH3 is 1. The third-order valence-electron chi connectivity index (χ3n) is 3.72. The summed E-state index contributed by atoms with van der Waals surface area (Å²) in [7, 11) is 1.23. The largest absolute Gasteiger partial charge is 0.465 e. The third-order valence-corrected chi connectivity index (χ3v) is 3.72. The summed E-state index contributed by atoms with van der Waals surface area (Å²) in [6.45, 7) is 0.604. The minimum Gasteiger partial charge on any atom is -0.465 e. The molecule has 8 heteroatoms. The molecular weight excluding hydrogens is 336 g/mol. The Morgan fingerprint density at radius 2 is 2.04 bits per heavy atom. The van der Waals surface area contributed by atoms with Crippen LogP contribution in [0.3, 0.4) is 0 Å². The number of anilines is 2. The molecule has 2 aromatic carbocycles. The van der Waals surface area contributed by atoms with Crippen molar-refractivity contribution in [1.29, 1.82) is 0 Å². The SMILES string of the molecule is COC(=O)c1cc([N+](=O)[O-])ccc1Nc1cnn(Cc2ccccc2)c1. The minimum absolute atomic E-state index is 0.0810. The number of non-ortho nitro benzene ring substituents is 1. The molecule has 0 aliphatic carbocycles. The van der Waals surface area contributed by atoms with Crippen molar-refractivity contribution in [2.75, 3.05) is 12.4 Å². The Labute approximate surface area is 149 Å². The highest BCUT2D eigenvalue weighted by Gasteiger charge is 2.17. The number of nitrogens with zero attached hydrogens (tertiary/aromatic N) is 3. The molecule has 1 N–H and O–H groups in total. The molecule has 3 aromatic rings. The van der Waals surface area contributed by atoms with E-state index >= 15 is 0 Å². The van der Waals surface area contributed by atoms with Crippen molar-refractivity contribution < 1.29 is 14.5 Å². The number of ether oxygens (including phenoxy) is 1. The summed E-state index contributed by atoms with van der Waals surface area (Å²) in [5, 5.41) is 18.3. The molecule has 132 valence electrons. The van der Waals surface area contributed by atoms with E-state index in [1.54, 1.807) is 17.1 Å². The van der Waals surface area contributed by atoms with Crippen molar-refractivity contribution in [1.82, 2.24) is 9.78 Å². The number of nitro benzene ring substituents is 1. The summed E-state index contributed by atoms with van der Waals surface area (Å²) in [6, 6.07) is 13.8. The van der Waals surface area contributed by atoms with Gasteiger partial charge in [-0.1, -0.05) is 30.3 Å². The van der Waals surface area contributed by atoms with Gasteiger partial charge in [-0.2, -0.15) is 5.10 Å².